The van der Waals surface area contributed by atoms with Crippen LogP contribution in [0.1, 0.15) is 11.1 Å². The zero-order valence-corrected chi connectivity index (χ0v) is 10.2. The fourth-order valence-electron chi connectivity index (χ4n) is 2.09. The molecule has 0 radical (unpaired) electrons. The van der Waals surface area contributed by atoms with E-state index in [0.717, 1.165) is 22.0 Å². The van der Waals surface area contributed by atoms with Gasteiger partial charge in [0.25, 0.3) is 0 Å². The number of nitriles is 1. The highest BCUT2D eigenvalue weighted by atomic mass is 14.7. The van der Waals surface area contributed by atoms with Gasteiger partial charge in [0.05, 0.1) is 11.6 Å². The molecule has 90 valence electrons. The molecule has 0 fully saturated rings. The molecule has 3 heteroatoms. The predicted octanol–water partition coefficient (Wildman–Crippen LogP) is 3.63. The molecule has 0 unspecified atom stereocenters. The van der Waals surface area contributed by atoms with Gasteiger partial charge in [-0.1, -0.05) is 18.2 Å². The molecule has 1 aromatic carbocycles. The lowest BCUT2D eigenvalue weighted by atomic mass is 10.0. The second-order valence-electron chi connectivity index (χ2n) is 4.20. The molecule has 19 heavy (non-hydrogen) atoms. The van der Waals surface area contributed by atoms with Crippen LogP contribution in [0.5, 0.6) is 0 Å². The molecule has 0 aliphatic heterocycles. The number of hydrogen-bond acceptors (Lipinski definition) is 2. The quantitative estimate of drug-likeness (QED) is 0.701. The molecule has 2 heterocycles. The van der Waals surface area contributed by atoms with Gasteiger partial charge in [0, 0.05) is 35.1 Å². The van der Waals surface area contributed by atoms with Crippen molar-refractivity contribution in [3.63, 3.8) is 0 Å². The normalized spacial score (nSPS) is 11.4. The Labute approximate surface area is 110 Å². The number of aromatic amines is 1. The van der Waals surface area contributed by atoms with Gasteiger partial charge >= 0.3 is 0 Å². The number of benzene rings is 1. The van der Waals surface area contributed by atoms with Gasteiger partial charge in [0.1, 0.15) is 0 Å². The summed E-state index contributed by atoms with van der Waals surface area (Å²) >= 11 is 0. The summed E-state index contributed by atoms with van der Waals surface area (Å²) in [5.41, 5.74) is 3.57. The van der Waals surface area contributed by atoms with E-state index in [9.17, 15) is 5.26 Å². The number of aromatic nitrogens is 2. The van der Waals surface area contributed by atoms with E-state index in [4.69, 9.17) is 0 Å². The largest absolute Gasteiger partial charge is 0.361 e. The lowest BCUT2D eigenvalue weighted by Gasteiger charge is -1.97. The molecule has 3 aromatic rings. The second-order valence-corrected chi connectivity index (χ2v) is 4.20. The second kappa shape index (κ2) is 4.79. The van der Waals surface area contributed by atoms with Gasteiger partial charge in [-0.15, -0.1) is 0 Å². The molecule has 2 aromatic heterocycles. The number of allylic oxidation sites excluding steroid dienone is 1. The molecule has 3 rings (SSSR count). The van der Waals surface area contributed by atoms with Crippen LogP contribution in [0.3, 0.4) is 0 Å². The van der Waals surface area contributed by atoms with Gasteiger partial charge in [-0.25, -0.2) is 0 Å². The van der Waals surface area contributed by atoms with E-state index in [1.807, 2.05) is 48.7 Å². The van der Waals surface area contributed by atoms with Gasteiger partial charge < -0.3 is 4.98 Å². The Kier molecular flexibility index (Phi) is 2.83. The van der Waals surface area contributed by atoms with Crippen molar-refractivity contribution >= 4 is 22.6 Å². The van der Waals surface area contributed by atoms with Crippen LogP contribution in [-0.2, 0) is 0 Å². The van der Waals surface area contributed by atoms with Crippen LogP contribution in [-0.4, -0.2) is 9.97 Å². The first-order valence-corrected chi connectivity index (χ1v) is 5.97. The number of nitrogens with one attached hydrogen (secondary N) is 1. The van der Waals surface area contributed by atoms with Crippen molar-refractivity contribution in [3.8, 4) is 6.07 Å². The number of H-pyrrole nitrogens is 1. The van der Waals surface area contributed by atoms with Crippen LogP contribution >= 0.6 is 0 Å². The number of para-hydroxylation sites is 1. The van der Waals surface area contributed by atoms with Gasteiger partial charge in [-0.3, -0.25) is 4.98 Å². The molecule has 0 amide bonds. The summed E-state index contributed by atoms with van der Waals surface area (Å²) in [5.74, 6) is 0. The van der Waals surface area contributed by atoms with Crippen LogP contribution in [0.2, 0.25) is 0 Å². The molecule has 0 aliphatic rings. The van der Waals surface area contributed by atoms with E-state index in [0.29, 0.717) is 5.57 Å². The van der Waals surface area contributed by atoms with E-state index in [1.165, 1.54) is 0 Å². The van der Waals surface area contributed by atoms with Gasteiger partial charge in [0.15, 0.2) is 0 Å². The summed E-state index contributed by atoms with van der Waals surface area (Å²) < 4.78 is 0. The molecule has 3 nitrogen and oxygen atoms in total. The number of hydrogen-bond donors (Lipinski definition) is 1. The SMILES string of the molecule is N#C/C(=C\c1ccncc1)c1c[nH]c2ccccc12. The molecule has 0 saturated carbocycles. The number of fused-ring (bicyclic) bond motifs is 1. The van der Waals surface area contributed by atoms with Crippen LogP contribution in [0, 0.1) is 11.3 Å². The summed E-state index contributed by atoms with van der Waals surface area (Å²) in [5, 5.41) is 10.4. The first-order chi connectivity index (χ1) is 9.38. The average Bonchev–Trinajstić information content (AvgIpc) is 2.90. The van der Waals surface area contributed by atoms with Crippen molar-refractivity contribution in [2.24, 2.45) is 0 Å². The van der Waals surface area contributed by atoms with Crippen molar-refractivity contribution in [1.82, 2.24) is 9.97 Å². The number of nitrogens with zero attached hydrogens (tertiary/aromatic N) is 2. The van der Waals surface area contributed by atoms with Gasteiger partial charge in [-0.2, -0.15) is 5.26 Å². The zero-order valence-electron chi connectivity index (χ0n) is 10.2. The third kappa shape index (κ3) is 2.12. The predicted molar refractivity (Wildman–Crippen MR) is 76.0 cm³/mol. The molecule has 0 saturated heterocycles. The summed E-state index contributed by atoms with van der Waals surface area (Å²) in [4.78, 5) is 7.16. The summed E-state index contributed by atoms with van der Waals surface area (Å²) in [6.07, 6.45) is 7.18. The number of rotatable bonds is 2. The Bertz CT molecular complexity index is 776. The highest BCUT2D eigenvalue weighted by Gasteiger charge is 2.07. The van der Waals surface area contributed by atoms with Crippen molar-refractivity contribution in [3.05, 3.63) is 66.1 Å². The monoisotopic (exact) mass is 245 g/mol. The van der Waals surface area contributed by atoms with Crippen LogP contribution < -0.4 is 0 Å². The van der Waals surface area contributed by atoms with Gasteiger partial charge in [0.2, 0.25) is 0 Å². The third-order valence-electron chi connectivity index (χ3n) is 3.02. The Balaban J connectivity index is 2.14. The molecule has 1 N–H and O–H groups in total. The third-order valence-corrected chi connectivity index (χ3v) is 3.02. The molecule has 0 aliphatic carbocycles. The van der Waals surface area contributed by atoms with E-state index in [-0.39, 0.29) is 0 Å². The average molecular weight is 245 g/mol. The lowest BCUT2D eigenvalue weighted by molar-refractivity contribution is 1.32. The Morgan fingerprint density at radius 1 is 1.16 bits per heavy atom. The fraction of sp³-hybridized carbons (Fsp3) is 0. The van der Waals surface area contributed by atoms with E-state index < -0.39 is 0 Å². The maximum atomic E-state index is 9.37. The number of pyridine rings is 1. The highest BCUT2D eigenvalue weighted by Crippen LogP contribution is 2.25. The van der Waals surface area contributed by atoms with Crippen LogP contribution in [0.4, 0.5) is 0 Å². The van der Waals surface area contributed by atoms with Crippen LogP contribution in [0.15, 0.2) is 55.0 Å². The molecular weight excluding hydrogens is 234 g/mol. The van der Waals surface area contributed by atoms with E-state index >= 15 is 0 Å². The summed E-state index contributed by atoms with van der Waals surface area (Å²) in [6, 6.07) is 14.0. The Morgan fingerprint density at radius 2 is 1.95 bits per heavy atom. The summed E-state index contributed by atoms with van der Waals surface area (Å²) in [7, 11) is 0. The lowest BCUT2D eigenvalue weighted by Crippen LogP contribution is -1.80. The first kappa shape index (κ1) is 11.2. The minimum absolute atomic E-state index is 0.642. The zero-order chi connectivity index (χ0) is 13.1. The van der Waals surface area contributed by atoms with E-state index in [1.54, 1.807) is 12.4 Å². The minimum atomic E-state index is 0.642. The minimum Gasteiger partial charge on any atom is -0.361 e. The van der Waals surface area contributed by atoms with Crippen molar-refractivity contribution in [2.75, 3.05) is 0 Å². The molecule has 0 bridgehead atoms. The molecular formula is C16H11N3. The van der Waals surface area contributed by atoms with Crippen molar-refractivity contribution < 1.29 is 0 Å². The van der Waals surface area contributed by atoms with Crippen molar-refractivity contribution in [1.29, 1.82) is 5.26 Å². The smallest absolute Gasteiger partial charge is 0.0998 e. The molecule has 0 spiro atoms. The fourth-order valence-corrected chi connectivity index (χ4v) is 2.09. The van der Waals surface area contributed by atoms with Gasteiger partial charge in [-0.05, 0) is 29.8 Å². The Morgan fingerprint density at radius 3 is 2.74 bits per heavy atom. The maximum Gasteiger partial charge on any atom is 0.0998 e. The first-order valence-electron chi connectivity index (χ1n) is 5.97. The maximum absolute atomic E-state index is 9.37. The van der Waals surface area contributed by atoms with Crippen LogP contribution in [0.25, 0.3) is 22.6 Å². The molecule has 0 atom stereocenters. The van der Waals surface area contributed by atoms with E-state index in [2.05, 4.69) is 16.0 Å². The standard InChI is InChI=1S/C16H11N3/c17-10-13(9-12-5-7-18-8-6-12)15-11-19-16-4-2-1-3-14(15)16/h1-9,11,19H/b13-9+. The summed E-state index contributed by atoms with van der Waals surface area (Å²) in [6.45, 7) is 0. The highest BCUT2D eigenvalue weighted by molar-refractivity contribution is 6.01. The Hall–Kier alpha value is -2.86. The topological polar surface area (TPSA) is 52.5 Å². The van der Waals surface area contributed by atoms with Crippen molar-refractivity contribution in [2.45, 2.75) is 0 Å².